The molecule has 0 heterocycles. The second-order valence-corrected chi connectivity index (χ2v) is 11.4. The average molecular weight is 457 g/mol. The third-order valence-corrected chi connectivity index (χ3v) is 3.27. The molecule has 1 aliphatic rings. The van der Waals surface area contributed by atoms with E-state index in [0.29, 0.717) is 6.61 Å². The van der Waals surface area contributed by atoms with Crippen molar-refractivity contribution in [1.29, 1.82) is 0 Å². The Morgan fingerprint density at radius 2 is 1.74 bits per heavy atom. The van der Waals surface area contributed by atoms with Crippen LogP contribution >= 0.6 is 0 Å². The van der Waals surface area contributed by atoms with Crippen LogP contribution in [0, 0.1) is 6.08 Å². The summed E-state index contributed by atoms with van der Waals surface area (Å²) in [5.41, 5.74) is 1.86. The molecule has 7 heteroatoms. The Kier molecular flexibility index (Phi) is 13.5. The van der Waals surface area contributed by atoms with Crippen LogP contribution in [0.15, 0.2) is 28.9 Å². The Balaban J connectivity index is -0.00000133. The summed E-state index contributed by atoms with van der Waals surface area (Å²) in [7, 11) is -1.65. The molecule has 1 rings (SSSR count). The van der Waals surface area contributed by atoms with Crippen LogP contribution in [-0.2, 0) is 35.4 Å². The van der Waals surface area contributed by atoms with Crippen molar-refractivity contribution in [2.45, 2.75) is 59.8 Å². The fourth-order valence-corrected chi connectivity index (χ4v) is 2.62. The van der Waals surface area contributed by atoms with E-state index < -0.39 is 8.32 Å². The molecule has 0 saturated heterocycles. The summed E-state index contributed by atoms with van der Waals surface area (Å²) in [5, 5.41) is 3.46. The Labute approximate surface area is 174 Å². The summed E-state index contributed by atoms with van der Waals surface area (Å²) in [4.78, 5) is 0. The van der Waals surface area contributed by atoms with Gasteiger partial charge >= 0.3 is 26.2 Å². The van der Waals surface area contributed by atoms with Crippen molar-refractivity contribution in [2.75, 3.05) is 6.61 Å². The minimum absolute atomic E-state index is 0. The maximum atomic E-state index is 6.16. The van der Waals surface area contributed by atoms with Crippen LogP contribution in [0.25, 0.3) is 0 Å². The van der Waals surface area contributed by atoms with E-state index in [4.69, 9.17) is 9.16 Å². The van der Waals surface area contributed by atoms with Crippen LogP contribution in [0.3, 0.4) is 0 Å². The number of allylic oxidation sites excluding steroid dienone is 4. The maximum absolute atomic E-state index is 6.16. The zero-order valence-corrected chi connectivity index (χ0v) is 20.3. The minimum atomic E-state index is -1.65. The molecule has 1 radical (unpaired) electrons. The van der Waals surface area contributed by atoms with Gasteiger partial charge < -0.3 is 39.3 Å². The van der Waals surface area contributed by atoms with Crippen LogP contribution in [0.4, 0.5) is 0 Å². The van der Waals surface area contributed by atoms with Gasteiger partial charge in [0.25, 0.3) is 0 Å². The number of rotatable bonds is 5. The fraction of sp³-hybridized carbons (Fsp3) is 0.625. The van der Waals surface area contributed by atoms with Crippen LogP contribution in [0.1, 0.15) is 34.6 Å². The van der Waals surface area contributed by atoms with Crippen molar-refractivity contribution in [2.24, 2.45) is 0 Å². The van der Waals surface area contributed by atoms with Crippen LogP contribution in [-0.4, -0.2) is 20.5 Å². The molecule has 0 unspecified atom stereocenters. The molecule has 3 nitrogen and oxygen atoms in total. The van der Waals surface area contributed by atoms with Crippen molar-refractivity contribution in [3.8, 4) is 0 Å². The quantitative estimate of drug-likeness (QED) is 0.299. The summed E-state index contributed by atoms with van der Waals surface area (Å²) in [6.07, 6.45) is 5.39. The van der Waals surface area contributed by atoms with E-state index in [1.807, 2.05) is 19.9 Å². The van der Waals surface area contributed by atoms with Crippen molar-refractivity contribution < 1.29 is 60.2 Å². The summed E-state index contributed by atoms with van der Waals surface area (Å²) >= 11 is 0. The monoisotopic (exact) mass is 454 g/mol. The molecular weight excluding hydrogens is 428 g/mol. The number of hydrogen-bond acceptors (Lipinski definition) is 3. The number of ether oxygens (including phenoxy) is 1. The molecule has 0 bridgehead atoms. The molecule has 0 spiro atoms. The van der Waals surface area contributed by atoms with Crippen molar-refractivity contribution in [3.63, 3.8) is 0 Å². The van der Waals surface area contributed by atoms with E-state index in [-0.39, 0.29) is 56.6 Å². The number of hydrogen-bond donors (Lipinski definition) is 1. The van der Waals surface area contributed by atoms with Crippen molar-refractivity contribution in [3.05, 3.63) is 34.9 Å². The molecule has 0 aromatic rings. The van der Waals surface area contributed by atoms with Gasteiger partial charge in [0.05, 0.1) is 6.61 Å². The maximum Gasteiger partial charge on any atom is 3.00 e. The molecule has 1 aliphatic carbocycles. The molecule has 131 valence electrons. The summed E-state index contributed by atoms with van der Waals surface area (Å²) < 4.78 is 11.7. The average Bonchev–Trinajstić information content (AvgIpc) is 2.57. The van der Waals surface area contributed by atoms with Crippen molar-refractivity contribution in [1.82, 2.24) is 5.32 Å². The molecule has 1 N–H and O–H groups in total. The first-order chi connectivity index (χ1) is 9.02. The zero-order chi connectivity index (χ0) is 15.6. The summed E-state index contributed by atoms with van der Waals surface area (Å²) in [6, 6.07) is 0. The molecule has 0 saturated carbocycles. The van der Waals surface area contributed by atoms with E-state index >= 15 is 0 Å². The van der Waals surface area contributed by atoms with E-state index in [1.165, 1.54) is 0 Å². The van der Waals surface area contributed by atoms with Gasteiger partial charge in [-0.1, -0.05) is 0 Å². The van der Waals surface area contributed by atoms with Gasteiger partial charge in [-0.15, -0.1) is 17.7 Å². The SMILES string of the molecule is CCOC(C)=C1[C-]=C(NC(C)(C)C)C(O[Si](C)(C)C)=C1.[Cl-].[Cl-].[Zr+3]. The van der Waals surface area contributed by atoms with E-state index in [9.17, 15) is 0 Å². The molecule has 0 aromatic carbocycles. The predicted octanol–water partition coefficient (Wildman–Crippen LogP) is -1.87. The van der Waals surface area contributed by atoms with Gasteiger partial charge in [0.15, 0.2) is 0 Å². The fourth-order valence-electron chi connectivity index (χ4n) is 1.80. The molecule has 0 amide bonds. The Morgan fingerprint density at radius 1 is 1.22 bits per heavy atom. The van der Waals surface area contributed by atoms with E-state index in [1.54, 1.807) is 0 Å². The number of nitrogens with one attached hydrogen (secondary N) is 1. The molecular formula is C16H28Cl2NO2SiZr. The van der Waals surface area contributed by atoms with Gasteiger partial charge in [-0.2, -0.15) is 0 Å². The Morgan fingerprint density at radius 3 is 2.13 bits per heavy atom. The Bertz CT molecular complexity index is 430. The van der Waals surface area contributed by atoms with Crippen LogP contribution in [0.5, 0.6) is 0 Å². The van der Waals surface area contributed by atoms with Gasteiger partial charge in [0.2, 0.25) is 8.32 Å². The molecule has 0 aromatic heterocycles. The molecule has 0 aliphatic heterocycles. The topological polar surface area (TPSA) is 30.5 Å². The first-order valence-corrected chi connectivity index (χ1v) is 10.6. The normalized spacial score (nSPS) is 16.0. The second kappa shape index (κ2) is 11.0. The largest absolute Gasteiger partial charge is 3.00 e. The van der Waals surface area contributed by atoms with Gasteiger partial charge in [-0.25, -0.2) is 0 Å². The minimum Gasteiger partial charge on any atom is -1.00 e. The molecule has 0 atom stereocenters. The van der Waals surface area contributed by atoms with E-state index in [0.717, 1.165) is 22.8 Å². The third kappa shape index (κ3) is 10.7. The van der Waals surface area contributed by atoms with Gasteiger partial charge in [-0.05, 0) is 60.0 Å². The standard InChI is InChI=1S/C16H28NO2Si.2ClH.Zr/c1-9-18-12(2)13-10-14(17-16(3,4)5)15(11-13)19-20(6,7)8;;;/h11,17H,9H2,1-8H3;2*1H;/q-1;;;+3/p-2. The van der Waals surface area contributed by atoms with Gasteiger partial charge in [0, 0.05) is 17.1 Å². The molecule has 23 heavy (non-hydrogen) atoms. The van der Waals surface area contributed by atoms with Crippen molar-refractivity contribution >= 4 is 8.32 Å². The smallest absolute Gasteiger partial charge is 1.00 e. The van der Waals surface area contributed by atoms with Gasteiger partial charge in [-0.3, -0.25) is 0 Å². The summed E-state index contributed by atoms with van der Waals surface area (Å²) in [6.45, 7) is 17.5. The van der Waals surface area contributed by atoms with Crippen LogP contribution in [0.2, 0.25) is 19.6 Å². The second-order valence-electron chi connectivity index (χ2n) is 7.00. The molecule has 0 fully saturated rings. The van der Waals surface area contributed by atoms with Crippen LogP contribution < -0.4 is 30.1 Å². The Hall–Kier alpha value is 0.300. The zero-order valence-electron chi connectivity index (χ0n) is 15.4. The van der Waals surface area contributed by atoms with E-state index in [2.05, 4.69) is 51.8 Å². The van der Waals surface area contributed by atoms with Gasteiger partial charge in [0.1, 0.15) is 0 Å². The third-order valence-electron chi connectivity index (χ3n) is 2.44. The number of halogens is 2. The predicted molar refractivity (Wildman–Crippen MR) is 86.5 cm³/mol. The summed E-state index contributed by atoms with van der Waals surface area (Å²) in [5.74, 6) is 1.77. The first kappa shape index (κ1) is 28.1. The first-order valence-electron chi connectivity index (χ1n) is 7.19.